The minimum absolute atomic E-state index is 0.0753. The highest BCUT2D eigenvalue weighted by atomic mass is 79.9. The van der Waals surface area contributed by atoms with Gasteiger partial charge in [-0.2, -0.15) is 0 Å². The van der Waals surface area contributed by atoms with Crippen LogP contribution in [0.2, 0.25) is 0 Å². The van der Waals surface area contributed by atoms with Crippen molar-refractivity contribution < 1.29 is 9.66 Å². The summed E-state index contributed by atoms with van der Waals surface area (Å²) in [4.78, 5) is 14.3. The molecule has 0 aliphatic rings. The van der Waals surface area contributed by atoms with E-state index in [4.69, 9.17) is 4.74 Å². The molecule has 1 aromatic rings. The maximum Gasteiger partial charge on any atom is 0.332 e. The normalized spacial score (nSPS) is 12.5. The Hall–Kier alpha value is -1.17. The van der Waals surface area contributed by atoms with E-state index in [1.54, 1.807) is 0 Å². The SMILES string of the molecule is CC(C)CC(C)Oc1ncc(Br)cc1[N+](=O)[O-]. The van der Waals surface area contributed by atoms with Crippen LogP contribution in [0.15, 0.2) is 16.7 Å². The summed E-state index contributed by atoms with van der Waals surface area (Å²) in [6.45, 7) is 6.03. The van der Waals surface area contributed by atoms with Gasteiger partial charge in [0.2, 0.25) is 0 Å². The molecule has 1 heterocycles. The molecule has 0 bridgehead atoms. The van der Waals surface area contributed by atoms with Crippen LogP contribution < -0.4 is 4.74 Å². The number of aromatic nitrogens is 1. The van der Waals surface area contributed by atoms with Crippen molar-refractivity contribution in [2.75, 3.05) is 0 Å². The van der Waals surface area contributed by atoms with Crippen LogP contribution in [0, 0.1) is 16.0 Å². The number of hydrogen-bond acceptors (Lipinski definition) is 4. The summed E-state index contributed by atoms with van der Waals surface area (Å²) in [7, 11) is 0. The largest absolute Gasteiger partial charge is 0.470 e. The molecule has 1 atom stereocenters. The first-order valence-corrected chi connectivity index (χ1v) is 6.16. The molecule has 5 nitrogen and oxygen atoms in total. The number of nitrogens with zero attached hydrogens (tertiary/aromatic N) is 2. The fourth-order valence-electron chi connectivity index (χ4n) is 1.54. The van der Waals surface area contributed by atoms with Crippen molar-refractivity contribution >= 4 is 21.6 Å². The van der Waals surface area contributed by atoms with E-state index < -0.39 is 4.92 Å². The average Bonchev–Trinajstić information content (AvgIpc) is 2.19. The molecular weight excluding hydrogens is 288 g/mol. The zero-order valence-electron chi connectivity index (χ0n) is 10.0. The lowest BCUT2D eigenvalue weighted by molar-refractivity contribution is -0.386. The fraction of sp³-hybridized carbons (Fsp3) is 0.545. The molecule has 94 valence electrons. The van der Waals surface area contributed by atoms with Crippen molar-refractivity contribution in [1.82, 2.24) is 4.98 Å². The molecule has 1 unspecified atom stereocenters. The Balaban J connectivity index is 2.86. The monoisotopic (exact) mass is 302 g/mol. The Morgan fingerprint density at radius 3 is 2.71 bits per heavy atom. The summed E-state index contributed by atoms with van der Waals surface area (Å²) < 4.78 is 6.06. The van der Waals surface area contributed by atoms with Gasteiger partial charge in [-0.3, -0.25) is 10.1 Å². The van der Waals surface area contributed by atoms with Crippen LogP contribution in [-0.2, 0) is 0 Å². The molecule has 0 spiro atoms. The molecule has 17 heavy (non-hydrogen) atoms. The molecule has 6 heteroatoms. The summed E-state index contributed by atoms with van der Waals surface area (Å²) in [5.41, 5.74) is -0.116. The first kappa shape index (κ1) is 13.9. The van der Waals surface area contributed by atoms with E-state index in [9.17, 15) is 10.1 Å². The average molecular weight is 303 g/mol. The van der Waals surface area contributed by atoms with E-state index in [1.165, 1.54) is 12.3 Å². The van der Waals surface area contributed by atoms with Gasteiger partial charge in [0.05, 0.1) is 11.0 Å². The molecule has 0 aliphatic carbocycles. The number of pyridine rings is 1. The number of nitro groups is 1. The van der Waals surface area contributed by atoms with Gasteiger partial charge in [-0.05, 0) is 35.2 Å². The van der Waals surface area contributed by atoms with Gasteiger partial charge in [0.25, 0.3) is 5.88 Å². The highest BCUT2D eigenvalue weighted by molar-refractivity contribution is 9.10. The molecule has 1 aromatic heterocycles. The fourth-order valence-corrected chi connectivity index (χ4v) is 1.86. The van der Waals surface area contributed by atoms with E-state index in [2.05, 4.69) is 34.8 Å². The third kappa shape index (κ3) is 4.30. The Labute approximate surface area is 108 Å². The van der Waals surface area contributed by atoms with Crippen LogP contribution in [0.5, 0.6) is 5.88 Å². The molecule has 0 saturated carbocycles. The lowest BCUT2D eigenvalue weighted by Crippen LogP contribution is -2.16. The first-order valence-electron chi connectivity index (χ1n) is 5.36. The zero-order valence-corrected chi connectivity index (χ0v) is 11.6. The first-order chi connectivity index (χ1) is 7.90. The van der Waals surface area contributed by atoms with Crippen molar-refractivity contribution in [3.63, 3.8) is 0 Å². The van der Waals surface area contributed by atoms with Crippen molar-refractivity contribution in [3.05, 3.63) is 26.9 Å². The standard InChI is InChI=1S/C11H15BrN2O3/c1-7(2)4-8(3)17-11-10(14(15)16)5-9(12)6-13-11/h5-8H,4H2,1-3H3. The minimum atomic E-state index is -0.491. The van der Waals surface area contributed by atoms with E-state index in [-0.39, 0.29) is 17.7 Å². The second-order valence-corrected chi connectivity index (χ2v) is 5.21. The summed E-state index contributed by atoms with van der Waals surface area (Å²) >= 11 is 3.15. The second kappa shape index (κ2) is 5.95. The minimum Gasteiger partial charge on any atom is -0.470 e. The smallest absolute Gasteiger partial charge is 0.332 e. The van der Waals surface area contributed by atoms with E-state index in [0.29, 0.717) is 10.4 Å². The van der Waals surface area contributed by atoms with Gasteiger partial charge in [-0.25, -0.2) is 4.98 Å². The molecule has 0 saturated heterocycles. The van der Waals surface area contributed by atoms with Gasteiger partial charge in [0, 0.05) is 16.7 Å². The summed E-state index contributed by atoms with van der Waals surface area (Å²) in [6.07, 6.45) is 2.22. The van der Waals surface area contributed by atoms with Gasteiger partial charge in [-0.15, -0.1) is 0 Å². The van der Waals surface area contributed by atoms with Crippen LogP contribution in [-0.4, -0.2) is 16.0 Å². The van der Waals surface area contributed by atoms with E-state index >= 15 is 0 Å². The third-order valence-electron chi connectivity index (χ3n) is 2.11. The van der Waals surface area contributed by atoms with E-state index in [0.717, 1.165) is 6.42 Å². The van der Waals surface area contributed by atoms with Gasteiger partial charge in [0.1, 0.15) is 0 Å². The summed E-state index contributed by atoms with van der Waals surface area (Å²) in [5.74, 6) is 0.547. The van der Waals surface area contributed by atoms with Crippen molar-refractivity contribution in [1.29, 1.82) is 0 Å². The number of halogens is 1. The molecule has 0 N–H and O–H groups in total. The van der Waals surface area contributed by atoms with Crippen molar-refractivity contribution in [2.24, 2.45) is 5.92 Å². The highest BCUT2D eigenvalue weighted by Gasteiger charge is 2.19. The lowest BCUT2D eigenvalue weighted by Gasteiger charge is -2.15. The topological polar surface area (TPSA) is 65.3 Å². The number of ether oxygens (including phenoxy) is 1. The van der Waals surface area contributed by atoms with Gasteiger partial charge in [-0.1, -0.05) is 13.8 Å². The van der Waals surface area contributed by atoms with Crippen LogP contribution >= 0.6 is 15.9 Å². The van der Waals surface area contributed by atoms with Crippen LogP contribution in [0.3, 0.4) is 0 Å². The molecule has 0 aromatic carbocycles. The molecule has 0 radical (unpaired) electrons. The quantitative estimate of drug-likeness (QED) is 0.616. The van der Waals surface area contributed by atoms with Crippen LogP contribution in [0.1, 0.15) is 27.2 Å². The molecule has 0 fully saturated rings. The number of rotatable bonds is 5. The third-order valence-corrected chi connectivity index (χ3v) is 2.55. The Morgan fingerprint density at radius 1 is 1.53 bits per heavy atom. The van der Waals surface area contributed by atoms with Gasteiger partial charge in [0.15, 0.2) is 0 Å². The molecule has 1 rings (SSSR count). The molecule has 0 amide bonds. The van der Waals surface area contributed by atoms with Crippen molar-refractivity contribution in [3.8, 4) is 5.88 Å². The molecular formula is C11H15BrN2O3. The van der Waals surface area contributed by atoms with Gasteiger partial charge < -0.3 is 4.74 Å². The zero-order chi connectivity index (χ0) is 13.0. The maximum absolute atomic E-state index is 10.8. The maximum atomic E-state index is 10.8. The number of hydrogen-bond donors (Lipinski definition) is 0. The molecule has 0 aliphatic heterocycles. The highest BCUT2D eigenvalue weighted by Crippen LogP contribution is 2.28. The van der Waals surface area contributed by atoms with Gasteiger partial charge >= 0.3 is 5.69 Å². The van der Waals surface area contributed by atoms with Crippen molar-refractivity contribution in [2.45, 2.75) is 33.3 Å². The van der Waals surface area contributed by atoms with E-state index in [1.807, 2.05) is 6.92 Å². The summed E-state index contributed by atoms with van der Waals surface area (Å²) in [5, 5.41) is 10.8. The predicted molar refractivity (Wildman–Crippen MR) is 68.1 cm³/mol. The Kier molecular flexibility index (Phi) is 4.86. The Bertz CT molecular complexity index is 410. The van der Waals surface area contributed by atoms with Crippen LogP contribution in [0.4, 0.5) is 5.69 Å². The lowest BCUT2D eigenvalue weighted by atomic mass is 10.1. The predicted octanol–water partition coefficient (Wildman–Crippen LogP) is 3.57. The Morgan fingerprint density at radius 2 is 2.18 bits per heavy atom. The van der Waals surface area contributed by atoms with Crippen LogP contribution in [0.25, 0.3) is 0 Å². The summed E-state index contributed by atoms with van der Waals surface area (Å²) in [6, 6.07) is 1.39. The second-order valence-electron chi connectivity index (χ2n) is 4.29.